The van der Waals surface area contributed by atoms with Gasteiger partial charge in [0.25, 0.3) is 5.91 Å². The summed E-state index contributed by atoms with van der Waals surface area (Å²) < 4.78 is 11.8. The first-order chi connectivity index (χ1) is 11.2. The van der Waals surface area contributed by atoms with E-state index in [1.165, 1.54) is 11.6 Å². The van der Waals surface area contributed by atoms with Gasteiger partial charge in [0.2, 0.25) is 5.88 Å². The molecule has 7 nitrogen and oxygen atoms in total. The van der Waals surface area contributed by atoms with E-state index < -0.39 is 0 Å². The van der Waals surface area contributed by atoms with Gasteiger partial charge in [-0.05, 0) is 12.1 Å². The highest BCUT2D eigenvalue weighted by Gasteiger charge is 2.12. The number of hydrogen-bond acceptors (Lipinski definition) is 5. The Morgan fingerprint density at radius 1 is 1.17 bits per heavy atom. The number of methoxy groups -OCH3 is 2. The third kappa shape index (κ3) is 3.08. The number of nitrogens with zero attached hydrogens (tertiary/aromatic N) is 3. The van der Waals surface area contributed by atoms with Crippen LogP contribution in [-0.4, -0.2) is 34.7 Å². The maximum absolute atomic E-state index is 12.3. The molecule has 0 atom stereocenters. The summed E-state index contributed by atoms with van der Waals surface area (Å²) in [6.07, 6.45) is 1.56. The second-order valence-electron chi connectivity index (χ2n) is 4.80. The number of carbonyl (C=O) groups excluding carboxylic acids is 1. The Hall–Kier alpha value is -3.09. The van der Waals surface area contributed by atoms with Crippen molar-refractivity contribution in [2.24, 2.45) is 0 Å². The van der Waals surface area contributed by atoms with Crippen LogP contribution >= 0.6 is 0 Å². The van der Waals surface area contributed by atoms with E-state index in [9.17, 15) is 4.79 Å². The van der Waals surface area contributed by atoms with Crippen LogP contribution in [0.5, 0.6) is 11.6 Å². The second-order valence-corrected chi connectivity index (χ2v) is 4.80. The van der Waals surface area contributed by atoms with E-state index in [4.69, 9.17) is 9.47 Å². The van der Waals surface area contributed by atoms with E-state index in [1.807, 2.05) is 24.3 Å². The molecule has 0 unspecified atom stereocenters. The zero-order valence-electron chi connectivity index (χ0n) is 12.8. The van der Waals surface area contributed by atoms with Crippen molar-refractivity contribution in [3.8, 4) is 11.6 Å². The molecule has 3 aromatic rings. The van der Waals surface area contributed by atoms with E-state index in [0.717, 1.165) is 11.3 Å². The molecule has 0 bridgehead atoms. The molecular weight excluding hydrogens is 296 g/mol. The van der Waals surface area contributed by atoms with Crippen LogP contribution in [0.2, 0.25) is 0 Å². The molecule has 1 amide bonds. The Labute approximate surface area is 132 Å². The average molecular weight is 312 g/mol. The lowest BCUT2D eigenvalue weighted by Gasteiger charge is -2.08. The first kappa shape index (κ1) is 14.8. The average Bonchev–Trinajstić information content (AvgIpc) is 3.03. The summed E-state index contributed by atoms with van der Waals surface area (Å²) in [5.74, 6) is 0.908. The number of hydrogen-bond donors (Lipinski definition) is 1. The van der Waals surface area contributed by atoms with Crippen molar-refractivity contribution < 1.29 is 14.3 Å². The van der Waals surface area contributed by atoms with Gasteiger partial charge in [0.05, 0.1) is 20.4 Å². The number of amides is 1. The number of rotatable bonds is 5. The van der Waals surface area contributed by atoms with Gasteiger partial charge in [-0.25, -0.2) is 9.50 Å². The first-order valence-corrected chi connectivity index (χ1v) is 7.02. The lowest BCUT2D eigenvalue weighted by atomic mass is 10.2. The quantitative estimate of drug-likeness (QED) is 0.775. The maximum Gasteiger partial charge on any atom is 0.271 e. The number of imidazole rings is 1. The fourth-order valence-corrected chi connectivity index (χ4v) is 2.20. The zero-order chi connectivity index (χ0) is 16.2. The lowest BCUT2D eigenvalue weighted by Crippen LogP contribution is -2.23. The Kier molecular flexibility index (Phi) is 4.09. The van der Waals surface area contributed by atoms with Gasteiger partial charge >= 0.3 is 0 Å². The summed E-state index contributed by atoms with van der Waals surface area (Å²) in [7, 11) is 3.13. The number of ether oxygens (including phenoxy) is 2. The number of benzene rings is 1. The topological polar surface area (TPSA) is 77.8 Å². The van der Waals surface area contributed by atoms with Crippen LogP contribution in [0.25, 0.3) is 5.65 Å². The van der Waals surface area contributed by atoms with Crippen molar-refractivity contribution >= 4 is 11.6 Å². The van der Waals surface area contributed by atoms with Crippen LogP contribution < -0.4 is 14.8 Å². The lowest BCUT2D eigenvalue weighted by molar-refractivity contribution is 0.0946. The molecule has 23 heavy (non-hydrogen) atoms. The van der Waals surface area contributed by atoms with Crippen LogP contribution in [0, 0.1) is 0 Å². The van der Waals surface area contributed by atoms with Crippen LogP contribution in [-0.2, 0) is 6.54 Å². The molecule has 0 spiro atoms. The van der Waals surface area contributed by atoms with Crippen molar-refractivity contribution in [3.05, 3.63) is 53.9 Å². The molecule has 1 aromatic carbocycles. The smallest absolute Gasteiger partial charge is 0.271 e. The summed E-state index contributed by atoms with van der Waals surface area (Å²) in [6.45, 7) is 0.355. The van der Waals surface area contributed by atoms with Gasteiger partial charge in [0.1, 0.15) is 11.4 Å². The summed E-state index contributed by atoms with van der Waals surface area (Å²) >= 11 is 0. The fourth-order valence-electron chi connectivity index (χ4n) is 2.20. The molecular formula is C16H16N4O3. The van der Waals surface area contributed by atoms with Crippen molar-refractivity contribution in [1.29, 1.82) is 0 Å². The Morgan fingerprint density at radius 2 is 2.00 bits per heavy atom. The highest BCUT2D eigenvalue weighted by Crippen LogP contribution is 2.17. The third-order valence-electron chi connectivity index (χ3n) is 3.37. The van der Waals surface area contributed by atoms with Crippen molar-refractivity contribution in [3.63, 3.8) is 0 Å². The van der Waals surface area contributed by atoms with Gasteiger partial charge in [-0.3, -0.25) is 4.79 Å². The molecule has 0 aliphatic carbocycles. The number of para-hydroxylation sites is 1. The van der Waals surface area contributed by atoms with E-state index in [-0.39, 0.29) is 5.91 Å². The Balaban J connectivity index is 1.75. The molecule has 0 aliphatic rings. The minimum atomic E-state index is -0.277. The van der Waals surface area contributed by atoms with Crippen LogP contribution in [0.1, 0.15) is 16.1 Å². The van der Waals surface area contributed by atoms with Gasteiger partial charge < -0.3 is 14.8 Å². The number of aromatic nitrogens is 3. The van der Waals surface area contributed by atoms with Gasteiger partial charge in [-0.15, -0.1) is 5.10 Å². The van der Waals surface area contributed by atoms with Crippen molar-refractivity contribution in [2.45, 2.75) is 6.54 Å². The molecule has 0 radical (unpaired) electrons. The standard InChI is InChI=1S/C16H16N4O3/c1-22-13-6-4-3-5-11(13)9-17-16(21)12-10-20-14(18-12)7-8-15(19-20)23-2/h3-8,10H,9H2,1-2H3,(H,17,21). The Morgan fingerprint density at radius 3 is 2.78 bits per heavy atom. The minimum absolute atomic E-state index is 0.277. The van der Waals surface area contributed by atoms with Crippen LogP contribution in [0.15, 0.2) is 42.6 Å². The molecule has 0 saturated heterocycles. The number of carbonyl (C=O) groups is 1. The molecule has 7 heteroatoms. The van der Waals surface area contributed by atoms with Crippen LogP contribution in [0.3, 0.4) is 0 Å². The van der Waals surface area contributed by atoms with E-state index >= 15 is 0 Å². The number of nitrogens with one attached hydrogen (secondary N) is 1. The molecule has 3 rings (SSSR count). The first-order valence-electron chi connectivity index (χ1n) is 7.02. The highest BCUT2D eigenvalue weighted by atomic mass is 16.5. The van der Waals surface area contributed by atoms with E-state index in [0.29, 0.717) is 23.8 Å². The van der Waals surface area contributed by atoms with Crippen LogP contribution in [0.4, 0.5) is 0 Å². The molecule has 1 N–H and O–H groups in total. The minimum Gasteiger partial charge on any atom is -0.496 e. The molecule has 2 aromatic heterocycles. The maximum atomic E-state index is 12.3. The molecule has 118 valence electrons. The normalized spacial score (nSPS) is 10.5. The molecule has 0 fully saturated rings. The monoisotopic (exact) mass is 312 g/mol. The third-order valence-corrected chi connectivity index (χ3v) is 3.37. The summed E-state index contributed by atoms with van der Waals surface area (Å²) in [4.78, 5) is 16.5. The van der Waals surface area contributed by atoms with Gasteiger partial charge in [0.15, 0.2) is 5.65 Å². The van der Waals surface area contributed by atoms with Gasteiger partial charge in [0, 0.05) is 18.2 Å². The Bertz CT molecular complexity index is 844. The fraction of sp³-hybridized carbons (Fsp3) is 0.188. The largest absolute Gasteiger partial charge is 0.496 e. The summed E-state index contributed by atoms with van der Waals surface area (Å²) in [6, 6.07) is 11.0. The van der Waals surface area contributed by atoms with Gasteiger partial charge in [-0.2, -0.15) is 0 Å². The van der Waals surface area contributed by atoms with E-state index in [1.54, 1.807) is 25.4 Å². The van der Waals surface area contributed by atoms with E-state index in [2.05, 4.69) is 15.4 Å². The predicted molar refractivity (Wildman–Crippen MR) is 83.7 cm³/mol. The SMILES string of the molecule is COc1ccc2nc(C(=O)NCc3ccccc3OC)cn2n1. The zero-order valence-corrected chi connectivity index (χ0v) is 12.8. The van der Waals surface area contributed by atoms with Crippen molar-refractivity contribution in [1.82, 2.24) is 19.9 Å². The molecule has 0 saturated carbocycles. The highest BCUT2D eigenvalue weighted by molar-refractivity contribution is 5.92. The van der Waals surface area contributed by atoms with Gasteiger partial charge in [-0.1, -0.05) is 18.2 Å². The predicted octanol–water partition coefficient (Wildman–Crippen LogP) is 1.68. The molecule has 2 heterocycles. The molecule has 0 aliphatic heterocycles. The second kappa shape index (κ2) is 6.35. The van der Waals surface area contributed by atoms with Crippen molar-refractivity contribution in [2.75, 3.05) is 14.2 Å². The summed E-state index contributed by atoms with van der Waals surface area (Å²) in [5, 5.41) is 7.00. The summed E-state index contributed by atoms with van der Waals surface area (Å²) in [5.41, 5.74) is 1.76. The number of fused-ring (bicyclic) bond motifs is 1.